The Morgan fingerprint density at radius 3 is 2.93 bits per heavy atom. The van der Waals surface area contributed by atoms with Crippen molar-refractivity contribution in [1.29, 1.82) is 5.26 Å². The topological polar surface area (TPSA) is 50.1 Å². The first-order valence-electron chi connectivity index (χ1n) is 4.06. The summed E-state index contributed by atoms with van der Waals surface area (Å²) >= 11 is 1.97. The molecule has 3 nitrogen and oxygen atoms in total. The molecular weight excluding hydrogens is 293 g/mol. The summed E-state index contributed by atoms with van der Waals surface area (Å²) in [6.45, 7) is 2.09. The predicted octanol–water partition coefficient (Wildman–Crippen LogP) is 2.34. The van der Waals surface area contributed by atoms with Crippen LogP contribution in [0.1, 0.15) is 22.8 Å². The lowest BCUT2D eigenvalue weighted by molar-refractivity contribution is 0.0525. The first-order chi connectivity index (χ1) is 6.70. The van der Waals surface area contributed by atoms with Crippen LogP contribution in [0.4, 0.5) is 0 Å². The first-order valence-corrected chi connectivity index (χ1v) is 5.14. The van der Waals surface area contributed by atoms with Gasteiger partial charge in [0, 0.05) is 3.57 Å². The van der Waals surface area contributed by atoms with E-state index in [1.807, 2.05) is 28.7 Å². The lowest BCUT2D eigenvalue weighted by Crippen LogP contribution is -2.07. The Kier molecular flexibility index (Phi) is 3.89. The maximum Gasteiger partial charge on any atom is 0.339 e. The molecule has 0 heterocycles. The van der Waals surface area contributed by atoms with Crippen molar-refractivity contribution in [1.82, 2.24) is 0 Å². The molecule has 1 aromatic carbocycles. The van der Waals surface area contributed by atoms with Crippen LogP contribution in [0, 0.1) is 14.9 Å². The number of benzene rings is 1. The molecule has 0 aliphatic rings. The molecule has 0 amide bonds. The highest BCUT2D eigenvalue weighted by Gasteiger charge is 2.12. The Labute approximate surface area is 95.8 Å². The van der Waals surface area contributed by atoms with Crippen molar-refractivity contribution < 1.29 is 9.53 Å². The number of rotatable bonds is 2. The maximum absolute atomic E-state index is 11.4. The number of halogens is 1. The van der Waals surface area contributed by atoms with Gasteiger partial charge in [-0.1, -0.05) is 6.07 Å². The summed E-state index contributed by atoms with van der Waals surface area (Å²) in [4.78, 5) is 11.4. The van der Waals surface area contributed by atoms with Crippen molar-refractivity contribution in [2.24, 2.45) is 0 Å². The second kappa shape index (κ2) is 4.96. The van der Waals surface area contributed by atoms with Gasteiger partial charge in [0.2, 0.25) is 0 Å². The summed E-state index contributed by atoms with van der Waals surface area (Å²) in [7, 11) is 0. The van der Waals surface area contributed by atoms with Crippen molar-refractivity contribution in [3.8, 4) is 6.07 Å². The molecule has 0 fully saturated rings. The van der Waals surface area contributed by atoms with Gasteiger partial charge in [0.15, 0.2) is 0 Å². The van der Waals surface area contributed by atoms with Crippen LogP contribution in [-0.2, 0) is 4.74 Å². The van der Waals surface area contributed by atoms with Crippen molar-refractivity contribution in [3.63, 3.8) is 0 Å². The van der Waals surface area contributed by atoms with Crippen molar-refractivity contribution in [2.75, 3.05) is 6.61 Å². The maximum atomic E-state index is 11.4. The van der Waals surface area contributed by atoms with Gasteiger partial charge in [0.1, 0.15) is 6.07 Å². The van der Waals surface area contributed by atoms with E-state index in [1.165, 1.54) is 0 Å². The monoisotopic (exact) mass is 301 g/mol. The van der Waals surface area contributed by atoms with E-state index in [1.54, 1.807) is 25.1 Å². The highest BCUT2D eigenvalue weighted by molar-refractivity contribution is 14.1. The molecule has 1 aromatic rings. The molecule has 4 heteroatoms. The molecule has 0 spiro atoms. The van der Waals surface area contributed by atoms with Gasteiger partial charge in [0.05, 0.1) is 17.7 Å². The molecule has 0 radical (unpaired) electrons. The molecule has 72 valence electrons. The summed E-state index contributed by atoms with van der Waals surface area (Å²) in [6.07, 6.45) is 0. The van der Waals surface area contributed by atoms with E-state index in [2.05, 4.69) is 0 Å². The Morgan fingerprint density at radius 1 is 1.64 bits per heavy atom. The summed E-state index contributed by atoms with van der Waals surface area (Å²) < 4.78 is 5.50. The molecule has 0 N–H and O–H groups in total. The minimum atomic E-state index is -0.381. The van der Waals surface area contributed by atoms with E-state index in [9.17, 15) is 4.79 Å². The number of carbonyl (C=O) groups is 1. The smallest absolute Gasteiger partial charge is 0.339 e. The fraction of sp³-hybridized carbons (Fsp3) is 0.200. The van der Waals surface area contributed by atoms with E-state index in [0.29, 0.717) is 21.3 Å². The van der Waals surface area contributed by atoms with Crippen LogP contribution in [0.25, 0.3) is 0 Å². The number of ether oxygens (including phenoxy) is 1. The van der Waals surface area contributed by atoms with Gasteiger partial charge in [-0.25, -0.2) is 4.79 Å². The summed E-state index contributed by atoms with van der Waals surface area (Å²) in [5.74, 6) is -0.381. The number of nitriles is 1. The standard InChI is InChI=1S/C10H8INO2/c1-2-14-10(13)8-5-3-4-7(6-12)9(8)11/h3-5H,2H2,1H3. The molecule has 0 unspecified atom stereocenters. The van der Waals surface area contributed by atoms with Crippen molar-refractivity contribution in [2.45, 2.75) is 6.92 Å². The number of hydrogen-bond acceptors (Lipinski definition) is 3. The third-order valence-corrected chi connectivity index (χ3v) is 2.78. The van der Waals surface area contributed by atoms with Crippen LogP contribution in [0.15, 0.2) is 18.2 Å². The number of hydrogen-bond donors (Lipinski definition) is 0. The zero-order chi connectivity index (χ0) is 10.6. The molecular formula is C10H8INO2. The normalized spacial score (nSPS) is 9.21. The van der Waals surface area contributed by atoms with Crippen LogP contribution >= 0.6 is 22.6 Å². The third kappa shape index (κ3) is 2.23. The van der Waals surface area contributed by atoms with E-state index < -0.39 is 0 Å². The number of carbonyl (C=O) groups excluding carboxylic acids is 1. The van der Waals surface area contributed by atoms with Gasteiger partial charge >= 0.3 is 5.97 Å². The van der Waals surface area contributed by atoms with Gasteiger partial charge in [0.25, 0.3) is 0 Å². The zero-order valence-electron chi connectivity index (χ0n) is 7.58. The first kappa shape index (κ1) is 11.0. The van der Waals surface area contributed by atoms with E-state index in [0.717, 1.165) is 0 Å². The van der Waals surface area contributed by atoms with Crippen molar-refractivity contribution >= 4 is 28.6 Å². The minimum Gasteiger partial charge on any atom is -0.462 e. The van der Waals surface area contributed by atoms with E-state index in [-0.39, 0.29) is 5.97 Å². The van der Waals surface area contributed by atoms with Crippen LogP contribution in [0.3, 0.4) is 0 Å². The van der Waals surface area contributed by atoms with Gasteiger partial charge in [-0.15, -0.1) is 0 Å². The van der Waals surface area contributed by atoms with E-state index in [4.69, 9.17) is 10.00 Å². The van der Waals surface area contributed by atoms with Gasteiger partial charge in [-0.3, -0.25) is 0 Å². The average Bonchev–Trinajstić information content (AvgIpc) is 2.18. The molecule has 0 atom stereocenters. The largest absolute Gasteiger partial charge is 0.462 e. The summed E-state index contributed by atoms with van der Waals surface area (Å²) in [5, 5.41) is 8.75. The fourth-order valence-electron chi connectivity index (χ4n) is 0.985. The van der Waals surface area contributed by atoms with E-state index >= 15 is 0 Å². The predicted molar refractivity (Wildman–Crippen MR) is 59.8 cm³/mol. The molecule has 0 bridgehead atoms. The third-order valence-electron chi connectivity index (χ3n) is 1.61. The average molecular weight is 301 g/mol. The van der Waals surface area contributed by atoms with Crippen LogP contribution in [-0.4, -0.2) is 12.6 Å². The Balaban J connectivity index is 3.11. The van der Waals surface area contributed by atoms with Crippen LogP contribution in [0.2, 0.25) is 0 Å². The fourth-order valence-corrected chi connectivity index (χ4v) is 1.69. The molecule has 0 saturated heterocycles. The molecule has 0 aliphatic carbocycles. The molecule has 0 saturated carbocycles. The number of nitrogens with zero attached hydrogens (tertiary/aromatic N) is 1. The summed E-state index contributed by atoms with van der Waals surface area (Å²) in [5.41, 5.74) is 0.947. The molecule has 1 rings (SSSR count). The quantitative estimate of drug-likeness (QED) is 0.622. The van der Waals surface area contributed by atoms with Gasteiger partial charge in [-0.05, 0) is 41.6 Å². The second-order valence-electron chi connectivity index (χ2n) is 2.50. The Morgan fingerprint density at radius 2 is 2.36 bits per heavy atom. The lowest BCUT2D eigenvalue weighted by atomic mass is 10.1. The van der Waals surface area contributed by atoms with Gasteiger partial charge < -0.3 is 4.74 Å². The molecule has 0 aromatic heterocycles. The highest BCUT2D eigenvalue weighted by Crippen LogP contribution is 2.17. The zero-order valence-corrected chi connectivity index (χ0v) is 9.74. The van der Waals surface area contributed by atoms with Gasteiger partial charge in [-0.2, -0.15) is 5.26 Å². The van der Waals surface area contributed by atoms with Crippen molar-refractivity contribution in [3.05, 3.63) is 32.9 Å². The Bertz CT molecular complexity index is 396. The minimum absolute atomic E-state index is 0.339. The second-order valence-corrected chi connectivity index (χ2v) is 3.58. The lowest BCUT2D eigenvalue weighted by Gasteiger charge is -2.04. The Hall–Kier alpha value is -1.09. The number of esters is 1. The molecule has 14 heavy (non-hydrogen) atoms. The van der Waals surface area contributed by atoms with Crippen LogP contribution in [0.5, 0.6) is 0 Å². The van der Waals surface area contributed by atoms with Crippen LogP contribution < -0.4 is 0 Å². The molecule has 0 aliphatic heterocycles. The SMILES string of the molecule is CCOC(=O)c1cccc(C#N)c1I. The summed E-state index contributed by atoms with van der Waals surface area (Å²) in [6, 6.07) is 7.02. The highest BCUT2D eigenvalue weighted by atomic mass is 127.